The Balaban J connectivity index is 1.42. The van der Waals surface area contributed by atoms with Crippen molar-refractivity contribution in [2.24, 2.45) is 0 Å². The number of thiazole rings is 1. The molecular weight excluding hydrogens is 336 g/mol. The number of carbonyl (C=O) groups excluding carboxylic acids is 1. The Morgan fingerprint density at radius 1 is 1.28 bits per heavy atom. The Bertz CT molecular complexity index is 859. The number of benzene rings is 1. The van der Waals surface area contributed by atoms with Crippen LogP contribution in [0.2, 0.25) is 0 Å². The van der Waals surface area contributed by atoms with E-state index in [1.165, 1.54) is 0 Å². The first-order valence-electron chi connectivity index (χ1n) is 8.35. The molecule has 0 radical (unpaired) electrons. The number of hydrogen-bond acceptors (Lipinski definition) is 6. The van der Waals surface area contributed by atoms with Crippen molar-refractivity contribution in [2.75, 3.05) is 0 Å². The molecule has 1 aliphatic heterocycles. The molecule has 25 heavy (non-hydrogen) atoms. The van der Waals surface area contributed by atoms with Gasteiger partial charge in [0.2, 0.25) is 5.91 Å². The van der Waals surface area contributed by atoms with Crippen molar-refractivity contribution in [1.29, 1.82) is 0 Å². The smallest absolute Gasteiger partial charge is 0.231 e. The fourth-order valence-corrected chi connectivity index (χ4v) is 3.77. The van der Waals surface area contributed by atoms with E-state index in [4.69, 9.17) is 0 Å². The summed E-state index contributed by atoms with van der Waals surface area (Å²) in [5.74, 6) is 0.347. The molecule has 0 saturated carbocycles. The standard InChI is InChI=1S/C17H18N6OS/c24-17(13-8-4-5-9-23-16(13)20-21-22-23)18-10-15-19-14(11-25-15)12-6-2-1-3-7-12/h1-3,6-7,11,13H,4-5,8-10H2,(H,18,24)/t13-/m0/s1. The predicted octanol–water partition coefficient (Wildman–Crippen LogP) is 2.38. The number of tetrazole rings is 1. The molecule has 1 aromatic carbocycles. The second-order valence-electron chi connectivity index (χ2n) is 6.02. The third-order valence-corrected chi connectivity index (χ3v) is 5.18. The molecule has 1 aliphatic rings. The normalized spacial score (nSPS) is 16.9. The van der Waals surface area contributed by atoms with Gasteiger partial charge in [-0.1, -0.05) is 36.8 Å². The fourth-order valence-electron chi connectivity index (χ4n) is 3.03. The maximum atomic E-state index is 12.6. The number of hydrogen-bond donors (Lipinski definition) is 1. The number of carbonyl (C=O) groups is 1. The molecule has 0 aliphatic carbocycles. The van der Waals surface area contributed by atoms with Crippen LogP contribution in [0.15, 0.2) is 35.7 Å². The minimum Gasteiger partial charge on any atom is -0.349 e. The number of aryl methyl sites for hydroxylation is 1. The summed E-state index contributed by atoms with van der Waals surface area (Å²) in [5.41, 5.74) is 2.02. The van der Waals surface area contributed by atoms with Crippen molar-refractivity contribution in [3.63, 3.8) is 0 Å². The van der Waals surface area contributed by atoms with E-state index in [9.17, 15) is 4.79 Å². The van der Waals surface area contributed by atoms with Crippen molar-refractivity contribution in [1.82, 2.24) is 30.5 Å². The van der Waals surface area contributed by atoms with E-state index in [2.05, 4.69) is 25.8 Å². The highest BCUT2D eigenvalue weighted by atomic mass is 32.1. The van der Waals surface area contributed by atoms with Gasteiger partial charge >= 0.3 is 0 Å². The number of rotatable bonds is 4. The summed E-state index contributed by atoms with van der Waals surface area (Å²) in [6.07, 6.45) is 2.76. The molecule has 3 aromatic rings. The molecule has 0 bridgehead atoms. The topological polar surface area (TPSA) is 85.6 Å². The van der Waals surface area contributed by atoms with Crippen molar-refractivity contribution >= 4 is 17.2 Å². The number of nitrogens with one attached hydrogen (secondary N) is 1. The van der Waals surface area contributed by atoms with Gasteiger partial charge < -0.3 is 5.32 Å². The zero-order valence-electron chi connectivity index (χ0n) is 13.6. The van der Waals surface area contributed by atoms with Gasteiger partial charge in [0.25, 0.3) is 0 Å². The quantitative estimate of drug-likeness (QED) is 0.777. The van der Waals surface area contributed by atoms with Crippen LogP contribution in [0.4, 0.5) is 0 Å². The molecule has 8 heteroatoms. The lowest BCUT2D eigenvalue weighted by molar-refractivity contribution is -0.123. The molecule has 4 rings (SSSR count). The number of fused-ring (bicyclic) bond motifs is 1. The predicted molar refractivity (Wildman–Crippen MR) is 93.8 cm³/mol. The molecule has 7 nitrogen and oxygen atoms in total. The molecule has 0 fully saturated rings. The van der Waals surface area contributed by atoms with Gasteiger partial charge in [-0.05, 0) is 23.3 Å². The number of amides is 1. The van der Waals surface area contributed by atoms with Gasteiger partial charge in [-0.2, -0.15) is 0 Å². The molecule has 2 aromatic heterocycles. The first-order chi connectivity index (χ1) is 12.3. The monoisotopic (exact) mass is 354 g/mol. The van der Waals surface area contributed by atoms with E-state index in [1.807, 2.05) is 35.7 Å². The third kappa shape index (κ3) is 3.43. The van der Waals surface area contributed by atoms with Crippen LogP contribution in [0.5, 0.6) is 0 Å². The van der Waals surface area contributed by atoms with Crippen LogP contribution < -0.4 is 5.32 Å². The summed E-state index contributed by atoms with van der Waals surface area (Å²) >= 11 is 1.55. The van der Waals surface area contributed by atoms with E-state index in [0.29, 0.717) is 12.4 Å². The second kappa shape index (κ2) is 7.10. The van der Waals surface area contributed by atoms with Crippen LogP contribution in [-0.2, 0) is 17.9 Å². The number of nitrogens with zero attached hydrogens (tertiary/aromatic N) is 5. The molecule has 3 heterocycles. The summed E-state index contributed by atoms with van der Waals surface area (Å²) in [7, 11) is 0. The minimum atomic E-state index is -0.286. The number of aromatic nitrogens is 5. The first kappa shape index (κ1) is 15.9. The Labute approximate surface area is 149 Å². The maximum absolute atomic E-state index is 12.6. The highest BCUT2D eigenvalue weighted by molar-refractivity contribution is 7.09. The SMILES string of the molecule is O=C(NCc1nc(-c2ccccc2)cs1)[C@H]1CCCCn2nnnc21. The maximum Gasteiger partial charge on any atom is 0.231 e. The van der Waals surface area contributed by atoms with Crippen LogP contribution in [0.3, 0.4) is 0 Å². The highest BCUT2D eigenvalue weighted by Gasteiger charge is 2.28. The molecular formula is C17H18N6OS. The van der Waals surface area contributed by atoms with Crippen molar-refractivity contribution in [2.45, 2.75) is 38.3 Å². The summed E-state index contributed by atoms with van der Waals surface area (Å²) in [4.78, 5) is 17.2. The van der Waals surface area contributed by atoms with E-state index in [0.717, 1.165) is 42.1 Å². The van der Waals surface area contributed by atoms with Crippen LogP contribution in [-0.4, -0.2) is 31.1 Å². The average Bonchev–Trinajstić information content (AvgIpc) is 3.26. The largest absolute Gasteiger partial charge is 0.349 e. The van der Waals surface area contributed by atoms with Gasteiger partial charge in [0.05, 0.1) is 18.2 Å². The highest BCUT2D eigenvalue weighted by Crippen LogP contribution is 2.25. The first-order valence-corrected chi connectivity index (χ1v) is 9.23. The lowest BCUT2D eigenvalue weighted by atomic mass is 10.0. The van der Waals surface area contributed by atoms with Gasteiger partial charge in [0.1, 0.15) is 5.01 Å². The van der Waals surface area contributed by atoms with E-state index < -0.39 is 0 Å². The van der Waals surface area contributed by atoms with Gasteiger partial charge in [-0.25, -0.2) is 9.67 Å². The lowest BCUT2D eigenvalue weighted by Crippen LogP contribution is -2.30. The van der Waals surface area contributed by atoms with Gasteiger partial charge in [-0.15, -0.1) is 16.4 Å². The summed E-state index contributed by atoms with van der Waals surface area (Å²) < 4.78 is 1.74. The van der Waals surface area contributed by atoms with Crippen molar-refractivity contribution in [3.05, 3.63) is 46.5 Å². The average molecular weight is 354 g/mol. The summed E-state index contributed by atoms with van der Waals surface area (Å²) in [6, 6.07) is 10.0. The second-order valence-corrected chi connectivity index (χ2v) is 6.96. The Kier molecular flexibility index (Phi) is 4.51. The zero-order chi connectivity index (χ0) is 17.1. The van der Waals surface area contributed by atoms with Crippen LogP contribution in [0.1, 0.15) is 36.0 Å². The van der Waals surface area contributed by atoms with Crippen LogP contribution in [0, 0.1) is 0 Å². The minimum absolute atomic E-state index is 0.0330. The zero-order valence-corrected chi connectivity index (χ0v) is 14.4. The van der Waals surface area contributed by atoms with Crippen LogP contribution >= 0.6 is 11.3 Å². The van der Waals surface area contributed by atoms with Gasteiger partial charge in [0.15, 0.2) is 5.82 Å². The van der Waals surface area contributed by atoms with Gasteiger partial charge in [0, 0.05) is 17.5 Å². The Morgan fingerprint density at radius 3 is 3.04 bits per heavy atom. The Morgan fingerprint density at radius 2 is 2.16 bits per heavy atom. The third-order valence-electron chi connectivity index (χ3n) is 4.34. The van der Waals surface area contributed by atoms with E-state index >= 15 is 0 Å². The summed E-state index contributed by atoms with van der Waals surface area (Å²) in [5, 5.41) is 17.6. The molecule has 0 unspecified atom stereocenters. The van der Waals surface area contributed by atoms with Gasteiger partial charge in [-0.3, -0.25) is 4.79 Å². The molecule has 128 valence electrons. The van der Waals surface area contributed by atoms with E-state index in [-0.39, 0.29) is 11.8 Å². The molecule has 0 spiro atoms. The lowest BCUT2D eigenvalue weighted by Gasteiger charge is -2.12. The molecule has 1 amide bonds. The fraction of sp³-hybridized carbons (Fsp3) is 0.353. The molecule has 1 N–H and O–H groups in total. The summed E-state index contributed by atoms with van der Waals surface area (Å²) in [6.45, 7) is 1.20. The Hall–Kier alpha value is -2.61. The van der Waals surface area contributed by atoms with Crippen LogP contribution in [0.25, 0.3) is 11.3 Å². The molecule has 0 saturated heterocycles. The van der Waals surface area contributed by atoms with Crippen molar-refractivity contribution < 1.29 is 4.79 Å². The van der Waals surface area contributed by atoms with Crippen molar-refractivity contribution in [3.8, 4) is 11.3 Å². The van der Waals surface area contributed by atoms with E-state index in [1.54, 1.807) is 16.0 Å². The molecule has 1 atom stereocenters.